The molecule has 2 aliphatic heterocycles. The van der Waals surface area contributed by atoms with E-state index in [1.54, 1.807) is 41.3 Å². The first-order chi connectivity index (χ1) is 16.3. The van der Waals surface area contributed by atoms with Crippen molar-refractivity contribution in [3.8, 4) is 5.75 Å². The summed E-state index contributed by atoms with van der Waals surface area (Å²) in [4.78, 5) is 33.3. The van der Waals surface area contributed by atoms with Crippen LogP contribution >= 0.6 is 0 Å². The summed E-state index contributed by atoms with van der Waals surface area (Å²) in [5.41, 5.74) is 0.794. The zero-order chi connectivity index (χ0) is 23.9. The van der Waals surface area contributed by atoms with Gasteiger partial charge in [-0.05, 0) is 43.5 Å². The average Bonchev–Trinajstić information content (AvgIpc) is 3.22. The van der Waals surface area contributed by atoms with Gasteiger partial charge in [-0.3, -0.25) is 9.59 Å². The summed E-state index contributed by atoms with van der Waals surface area (Å²) >= 11 is 0. The van der Waals surface area contributed by atoms with E-state index in [4.69, 9.17) is 4.74 Å². The minimum absolute atomic E-state index is 0.0703. The number of ether oxygens (including phenoxy) is 1. The molecular formula is C24H23F3N4O3. The van der Waals surface area contributed by atoms with Gasteiger partial charge in [0, 0.05) is 13.1 Å². The standard InChI is InChI=1S/C24H23F3N4O3/c25-24(26,27)23-28-16-8-2-3-9-17(16)31(23)15-21(32)30-14-20(22(33)29-12-6-1-7-13-29)34-19-11-5-4-10-18(19)30/h2-5,8-11,20H,1,6-7,12-15H2/t20-/m1/s1. The first-order valence-electron chi connectivity index (χ1n) is 11.2. The summed E-state index contributed by atoms with van der Waals surface area (Å²) in [6.07, 6.45) is -2.77. The van der Waals surface area contributed by atoms with Crippen molar-refractivity contribution in [3.05, 3.63) is 54.4 Å². The largest absolute Gasteiger partial charge is 0.476 e. The maximum Gasteiger partial charge on any atom is 0.449 e. The van der Waals surface area contributed by atoms with Gasteiger partial charge in [-0.15, -0.1) is 0 Å². The van der Waals surface area contributed by atoms with E-state index in [0.717, 1.165) is 23.8 Å². The molecule has 178 valence electrons. The Bertz CT molecular complexity index is 1230. The molecule has 2 aromatic carbocycles. The lowest BCUT2D eigenvalue weighted by Crippen LogP contribution is -2.53. The van der Waals surface area contributed by atoms with Crippen LogP contribution in [0.15, 0.2) is 48.5 Å². The number of alkyl halides is 3. The zero-order valence-corrected chi connectivity index (χ0v) is 18.3. The van der Waals surface area contributed by atoms with Gasteiger partial charge in [-0.2, -0.15) is 13.2 Å². The number of piperidine rings is 1. The zero-order valence-electron chi connectivity index (χ0n) is 18.3. The Kier molecular flexibility index (Phi) is 5.66. The maximum atomic E-state index is 13.7. The van der Waals surface area contributed by atoms with E-state index in [9.17, 15) is 22.8 Å². The van der Waals surface area contributed by atoms with Gasteiger partial charge in [0.05, 0.1) is 23.3 Å². The second-order valence-corrected chi connectivity index (χ2v) is 8.47. The topological polar surface area (TPSA) is 67.7 Å². The molecule has 1 atom stereocenters. The molecule has 0 N–H and O–H groups in total. The summed E-state index contributed by atoms with van der Waals surface area (Å²) in [6, 6.07) is 12.9. The Labute approximate surface area is 193 Å². The Hall–Kier alpha value is -3.56. The number of rotatable bonds is 3. The number of halogens is 3. The van der Waals surface area contributed by atoms with E-state index in [-0.39, 0.29) is 23.5 Å². The van der Waals surface area contributed by atoms with E-state index < -0.39 is 30.6 Å². The molecule has 34 heavy (non-hydrogen) atoms. The smallest absolute Gasteiger partial charge is 0.449 e. The minimum Gasteiger partial charge on any atom is -0.476 e. The number of hydrogen-bond donors (Lipinski definition) is 0. The van der Waals surface area contributed by atoms with Crippen molar-refractivity contribution in [2.45, 2.75) is 38.1 Å². The second-order valence-electron chi connectivity index (χ2n) is 8.47. The van der Waals surface area contributed by atoms with Crippen molar-refractivity contribution < 1.29 is 27.5 Å². The highest BCUT2D eigenvalue weighted by molar-refractivity contribution is 5.98. The van der Waals surface area contributed by atoms with Gasteiger partial charge < -0.3 is 19.1 Å². The lowest BCUT2D eigenvalue weighted by atomic mass is 10.1. The molecular weight excluding hydrogens is 449 g/mol. The lowest BCUT2D eigenvalue weighted by molar-refractivity contribution is -0.147. The summed E-state index contributed by atoms with van der Waals surface area (Å²) in [6.45, 7) is 0.613. The molecule has 2 amide bonds. The van der Waals surface area contributed by atoms with E-state index in [1.165, 1.54) is 17.0 Å². The van der Waals surface area contributed by atoms with E-state index in [1.807, 2.05) is 0 Å². The van der Waals surface area contributed by atoms with Crippen LogP contribution in [0.5, 0.6) is 5.75 Å². The number of benzene rings is 2. The van der Waals surface area contributed by atoms with E-state index >= 15 is 0 Å². The van der Waals surface area contributed by atoms with Crippen molar-refractivity contribution in [2.75, 3.05) is 24.5 Å². The third-order valence-electron chi connectivity index (χ3n) is 6.22. The number of carbonyl (C=O) groups excluding carboxylic acids is 2. The van der Waals surface area contributed by atoms with Crippen LogP contribution in [0.3, 0.4) is 0 Å². The summed E-state index contributed by atoms with van der Waals surface area (Å²) in [7, 11) is 0. The van der Waals surface area contributed by atoms with Crippen molar-refractivity contribution >= 4 is 28.5 Å². The quantitative estimate of drug-likeness (QED) is 0.581. The van der Waals surface area contributed by atoms with Crippen LogP contribution in [-0.4, -0.2) is 52.0 Å². The molecule has 0 radical (unpaired) electrons. The molecule has 3 heterocycles. The van der Waals surface area contributed by atoms with Crippen molar-refractivity contribution in [1.82, 2.24) is 14.5 Å². The van der Waals surface area contributed by atoms with Gasteiger partial charge in [0.1, 0.15) is 12.3 Å². The van der Waals surface area contributed by atoms with Gasteiger partial charge in [-0.25, -0.2) is 4.98 Å². The van der Waals surface area contributed by atoms with Crippen molar-refractivity contribution in [2.24, 2.45) is 0 Å². The molecule has 10 heteroatoms. The molecule has 0 saturated carbocycles. The minimum atomic E-state index is -4.73. The highest BCUT2D eigenvalue weighted by Crippen LogP contribution is 2.35. The number of likely N-dealkylation sites (tertiary alicyclic amines) is 1. The third kappa shape index (κ3) is 4.08. The Morgan fingerprint density at radius 3 is 2.47 bits per heavy atom. The molecule has 5 rings (SSSR count). The number of imidazole rings is 1. The summed E-state index contributed by atoms with van der Waals surface area (Å²) < 4.78 is 48.0. The van der Waals surface area contributed by atoms with Gasteiger partial charge in [0.25, 0.3) is 5.91 Å². The molecule has 0 bridgehead atoms. The molecule has 2 aliphatic rings. The predicted molar refractivity (Wildman–Crippen MR) is 118 cm³/mol. The SMILES string of the molecule is O=C([C@H]1CN(C(=O)Cn2c(C(F)(F)F)nc3ccccc32)c2ccccc2O1)N1CCCCC1. The molecule has 1 fully saturated rings. The Morgan fingerprint density at radius 1 is 1.00 bits per heavy atom. The van der Waals surface area contributed by atoms with Gasteiger partial charge in [0.15, 0.2) is 6.10 Å². The van der Waals surface area contributed by atoms with E-state index in [2.05, 4.69) is 4.98 Å². The molecule has 0 unspecified atom stereocenters. The van der Waals surface area contributed by atoms with Crippen LogP contribution in [0.4, 0.5) is 18.9 Å². The van der Waals surface area contributed by atoms with Crippen LogP contribution in [0.2, 0.25) is 0 Å². The number of para-hydroxylation sites is 4. The van der Waals surface area contributed by atoms with Gasteiger partial charge in [0.2, 0.25) is 11.7 Å². The number of carbonyl (C=O) groups is 2. The molecule has 1 saturated heterocycles. The predicted octanol–water partition coefficient (Wildman–Crippen LogP) is 3.86. The fourth-order valence-electron chi connectivity index (χ4n) is 4.59. The molecule has 0 spiro atoms. The van der Waals surface area contributed by atoms with Crippen LogP contribution < -0.4 is 9.64 Å². The average molecular weight is 472 g/mol. The lowest BCUT2D eigenvalue weighted by Gasteiger charge is -2.37. The molecule has 0 aliphatic carbocycles. The number of nitrogens with zero attached hydrogens (tertiary/aromatic N) is 4. The maximum absolute atomic E-state index is 13.7. The highest BCUT2D eigenvalue weighted by atomic mass is 19.4. The number of hydrogen-bond acceptors (Lipinski definition) is 4. The number of amides is 2. The van der Waals surface area contributed by atoms with Crippen LogP contribution in [0, 0.1) is 0 Å². The second kappa shape index (κ2) is 8.66. The fourth-order valence-corrected chi connectivity index (χ4v) is 4.59. The number of aromatic nitrogens is 2. The highest BCUT2D eigenvalue weighted by Gasteiger charge is 2.40. The normalized spacial score (nSPS) is 18.5. The van der Waals surface area contributed by atoms with Crippen LogP contribution in [0.1, 0.15) is 25.1 Å². The fraction of sp³-hybridized carbons (Fsp3) is 0.375. The van der Waals surface area contributed by atoms with Crippen LogP contribution in [-0.2, 0) is 22.3 Å². The number of anilines is 1. The first kappa shape index (κ1) is 22.2. The Morgan fingerprint density at radius 2 is 1.71 bits per heavy atom. The summed E-state index contributed by atoms with van der Waals surface area (Å²) in [5, 5.41) is 0. The van der Waals surface area contributed by atoms with Crippen LogP contribution in [0.25, 0.3) is 11.0 Å². The first-order valence-corrected chi connectivity index (χ1v) is 11.2. The number of fused-ring (bicyclic) bond motifs is 2. The molecule has 3 aromatic rings. The van der Waals surface area contributed by atoms with Crippen molar-refractivity contribution in [3.63, 3.8) is 0 Å². The monoisotopic (exact) mass is 472 g/mol. The summed E-state index contributed by atoms with van der Waals surface area (Å²) in [5.74, 6) is -1.58. The molecule has 7 nitrogen and oxygen atoms in total. The van der Waals surface area contributed by atoms with Gasteiger partial charge >= 0.3 is 6.18 Å². The van der Waals surface area contributed by atoms with Gasteiger partial charge in [-0.1, -0.05) is 24.3 Å². The third-order valence-corrected chi connectivity index (χ3v) is 6.22. The van der Waals surface area contributed by atoms with Crippen molar-refractivity contribution in [1.29, 1.82) is 0 Å². The van der Waals surface area contributed by atoms with E-state index in [0.29, 0.717) is 24.5 Å². The molecule has 1 aromatic heterocycles. The Balaban J connectivity index is 1.47.